The van der Waals surface area contributed by atoms with Crippen LogP contribution in [0.2, 0.25) is 0 Å². The number of piperazine rings is 1. The van der Waals surface area contributed by atoms with Gasteiger partial charge in [0.1, 0.15) is 23.3 Å². The lowest BCUT2D eigenvalue weighted by Gasteiger charge is -2.35. The van der Waals surface area contributed by atoms with E-state index in [2.05, 4.69) is 42.3 Å². The number of carbonyl (C=O) groups is 1. The fourth-order valence-electron chi connectivity index (χ4n) is 4.29. The van der Waals surface area contributed by atoms with E-state index in [1.807, 2.05) is 45.0 Å². The van der Waals surface area contributed by atoms with Crippen molar-refractivity contribution in [3.63, 3.8) is 0 Å². The lowest BCUT2D eigenvalue weighted by Crippen LogP contribution is -2.46. The van der Waals surface area contributed by atoms with E-state index >= 15 is 0 Å². The number of benzene rings is 1. The van der Waals surface area contributed by atoms with Crippen LogP contribution in [0.4, 0.5) is 17.3 Å². The van der Waals surface area contributed by atoms with Crippen molar-refractivity contribution < 1.29 is 4.79 Å². The summed E-state index contributed by atoms with van der Waals surface area (Å²) in [5.74, 6) is 2.93. The third-order valence-electron chi connectivity index (χ3n) is 6.08. The molecule has 8 nitrogen and oxygen atoms in total. The first-order chi connectivity index (χ1) is 15.9. The summed E-state index contributed by atoms with van der Waals surface area (Å²) in [4.78, 5) is 31.2. The number of aliphatic imine (C=N–C) groups is 1. The van der Waals surface area contributed by atoms with Crippen LogP contribution in [0, 0.1) is 20.8 Å². The molecule has 2 aliphatic heterocycles. The summed E-state index contributed by atoms with van der Waals surface area (Å²) in [6, 6.07) is 7.95. The number of amides is 1. The molecule has 4 rings (SSSR count). The van der Waals surface area contributed by atoms with Crippen LogP contribution in [-0.4, -0.2) is 59.3 Å². The second-order valence-electron chi connectivity index (χ2n) is 8.74. The molecule has 0 radical (unpaired) electrons. The number of hydrogen-bond donors (Lipinski definition) is 2. The Bertz CT molecular complexity index is 1060. The Morgan fingerprint density at radius 1 is 1.06 bits per heavy atom. The van der Waals surface area contributed by atoms with Gasteiger partial charge in [-0.25, -0.2) is 15.0 Å². The van der Waals surface area contributed by atoms with Gasteiger partial charge in [-0.2, -0.15) is 0 Å². The Hall–Kier alpha value is -3.26. The Morgan fingerprint density at radius 2 is 1.79 bits per heavy atom. The molecule has 0 saturated carbocycles. The quantitative estimate of drug-likeness (QED) is 0.703. The summed E-state index contributed by atoms with van der Waals surface area (Å²) in [6.07, 6.45) is 3.25. The van der Waals surface area contributed by atoms with Crippen molar-refractivity contribution in [2.75, 3.05) is 48.3 Å². The third-order valence-corrected chi connectivity index (χ3v) is 6.08. The summed E-state index contributed by atoms with van der Waals surface area (Å²) in [5.41, 5.74) is 3.57. The minimum absolute atomic E-state index is 0.127. The number of anilines is 3. The van der Waals surface area contributed by atoms with Gasteiger partial charge in [0.2, 0.25) is 0 Å². The van der Waals surface area contributed by atoms with Crippen LogP contribution in [0.15, 0.2) is 41.0 Å². The number of rotatable bonds is 6. The number of hydrogen-bond acceptors (Lipinski definition) is 7. The average molecular weight is 448 g/mol. The van der Waals surface area contributed by atoms with E-state index in [-0.39, 0.29) is 5.91 Å². The topological polar surface area (TPSA) is 85.8 Å². The van der Waals surface area contributed by atoms with Gasteiger partial charge in [0, 0.05) is 56.1 Å². The first kappa shape index (κ1) is 22.9. The molecule has 3 heterocycles. The van der Waals surface area contributed by atoms with E-state index < -0.39 is 0 Å². The largest absolute Gasteiger partial charge is 0.354 e. The highest BCUT2D eigenvalue weighted by Crippen LogP contribution is 2.23. The molecule has 1 saturated heterocycles. The highest BCUT2D eigenvalue weighted by atomic mass is 16.1. The van der Waals surface area contributed by atoms with Crippen molar-refractivity contribution in [2.45, 2.75) is 40.5 Å². The van der Waals surface area contributed by atoms with Crippen molar-refractivity contribution in [1.29, 1.82) is 0 Å². The fourth-order valence-corrected chi connectivity index (χ4v) is 4.29. The molecule has 2 N–H and O–H groups in total. The van der Waals surface area contributed by atoms with Crippen molar-refractivity contribution in [2.24, 2.45) is 4.99 Å². The Morgan fingerprint density at radius 3 is 2.48 bits per heavy atom. The van der Waals surface area contributed by atoms with E-state index in [1.165, 1.54) is 6.42 Å². The minimum atomic E-state index is -0.127. The van der Waals surface area contributed by atoms with Gasteiger partial charge in [0.15, 0.2) is 0 Å². The zero-order valence-corrected chi connectivity index (χ0v) is 20.0. The van der Waals surface area contributed by atoms with Gasteiger partial charge in [0.25, 0.3) is 5.91 Å². The molecular formula is C25H33N7O. The maximum absolute atomic E-state index is 12.8. The standard InChI is InChI=1S/C25H33N7O/c1-5-9-31-10-12-32(13-11-31)23-15-22(27-19(4)28-23)29-21-14-20(16-26-21)25(33)30-24-17(2)7-6-8-18(24)3/h6-8,15-16H,5,9-14H2,1-4H3,(H,30,33)(H,26,27,28,29). The molecule has 0 unspecified atom stereocenters. The second kappa shape index (κ2) is 10.1. The Balaban J connectivity index is 1.36. The summed E-state index contributed by atoms with van der Waals surface area (Å²) >= 11 is 0. The van der Waals surface area contributed by atoms with Crippen molar-refractivity contribution in [3.8, 4) is 0 Å². The molecule has 33 heavy (non-hydrogen) atoms. The van der Waals surface area contributed by atoms with E-state index in [1.54, 1.807) is 6.20 Å². The maximum Gasteiger partial charge on any atom is 0.253 e. The molecule has 0 atom stereocenters. The number of carbonyl (C=O) groups excluding carboxylic acids is 1. The molecule has 2 aromatic rings. The van der Waals surface area contributed by atoms with Gasteiger partial charge in [0.05, 0.1) is 0 Å². The number of amidine groups is 1. The molecule has 2 aliphatic rings. The Labute approximate surface area is 195 Å². The highest BCUT2D eigenvalue weighted by molar-refractivity contribution is 6.11. The maximum atomic E-state index is 12.8. The number of nitrogens with zero attached hydrogens (tertiary/aromatic N) is 5. The van der Waals surface area contributed by atoms with Gasteiger partial charge in [-0.05, 0) is 44.9 Å². The molecule has 1 amide bonds. The van der Waals surface area contributed by atoms with Crippen LogP contribution in [0.5, 0.6) is 0 Å². The lowest BCUT2D eigenvalue weighted by atomic mass is 10.1. The van der Waals surface area contributed by atoms with Gasteiger partial charge >= 0.3 is 0 Å². The molecule has 1 aromatic carbocycles. The lowest BCUT2D eigenvalue weighted by molar-refractivity contribution is -0.112. The van der Waals surface area contributed by atoms with Crippen molar-refractivity contribution in [3.05, 3.63) is 53.0 Å². The summed E-state index contributed by atoms with van der Waals surface area (Å²) < 4.78 is 0. The predicted molar refractivity (Wildman–Crippen MR) is 134 cm³/mol. The van der Waals surface area contributed by atoms with E-state index in [4.69, 9.17) is 0 Å². The Kier molecular flexibility index (Phi) is 7.03. The van der Waals surface area contributed by atoms with Crippen LogP contribution < -0.4 is 15.5 Å². The predicted octanol–water partition coefficient (Wildman–Crippen LogP) is 3.67. The summed E-state index contributed by atoms with van der Waals surface area (Å²) in [5, 5.41) is 6.33. The van der Waals surface area contributed by atoms with E-state index in [9.17, 15) is 4.79 Å². The van der Waals surface area contributed by atoms with Crippen LogP contribution in [0.25, 0.3) is 0 Å². The fraction of sp³-hybridized carbons (Fsp3) is 0.440. The van der Waals surface area contributed by atoms with E-state index in [0.29, 0.717) is 29.5 Å². The first-order valence-corrected chi connectivity index (χ1v) is 11.7. The molecule has 0 bridgehead atoms. The van der Waals surface area contributed by atoms with Crippen molar-refractivity contribution in [1.82, 2.24) is 14.9 Å². The smallest absolute Gasteiger partial charge is 0.253 e. The van der Waals surface area contributed by atoms with Gasteiger partial charge < -0.3 is 15.5 Å². The van der Waals surface area contributed by atoms with Crippen LogP contribution >= 0.6 is 0 Å². The normalized spacial score (nSPS) is 16.4. The van der Waals surface area contributed by atoms with Crippen molar-refractivity contribution >= 4 is 29.1 Å². The zero-order valence-electron chi connectivity index (χ0n) is 20.0. The monoisotopic (exact) mass is 447 g/mol. The van der Waals surface area contributed by atoms with Gasteiger partial charge in [-0.3, -0.25) is 9.69 Å². The highest BCUT2D eigenvalue weighted by Gasteiger charge is 2.21. The minimum Gasteiger partial charge on any atom is -0.354 e. The SMILES string of the molecule is CCCN1CCN(c2cc(NC3=NC=C(C(=O)Nc4c(C)cccc4C)C3)nc(C)n2)CC1. The molecule has 174 valence electrons. The molecule has 0 spiro atoms. The van der Waals surface area contributed by atoms with Gasteiger partial charge in [-0.1, -0.05) is 25.1 Å². The third kappa shape index (κ3) is 5.57. The molecular weight excluding hydrogens is 414 g/mol. The molecule has 0 aliphatic carbocycles. The average Bonchev–Trinajstić information content (AvgIpc) is 3.25. The zero-order chi connectivity index (χ0) is 23.4. The number of aryl methyl sites for hydroxylation is 3. The summed E-state index contributed by atoms with van der Waals surface area (Å²) in [7, 11) is 0. The molecule has 1 aromatic heterocycles. The summed E-state index contributed by atoms with van der Waals surface area (Å²) in [6.45, 7) is 13.3. The van der Waals surface area contributed by atoms with Crippen LogP contribution in [0.3, 0.4) is 0 Å². The molecule has 1 fully saturated rings. The van der Waals surface area contributed by atoms with Crippen LogP contribution in [-0.2, 0) is 4.79 Å². The number of aromatic nitrogens is 2. The number of para-hydroxylation sites is 1. The molecule has 8 heteroatoms. The number of nitrogens with one attached hydrogen (secondary N) is 2. The second-order valence-corrected chi connectivity index (χ2v) is 8.74. The first-order valence-electron chi connectivity index (χ1n) is 11.7. The van der Waals surface area contributed by atoms with Crippen LogP contribution in [0.1, 0.15) is 36.7 Å². The van der Waals surface area contributed by atoms with E-state index in [0.717, 1.165) is 55.4 Å². The van der Waals surface area contributed by atoms with Gasteiger partial charge in [-0.15, -0.1) is 0 Å².